The van der Waals surface area contributed by atoms with Gasteiger partial charge in [-0.3, -0.25) is 14.8 Å². The third kappa shape index (κ3) is 3.83. The first kappa shape index (κ1) is 16.9. The maximum absolute atomic E-state index is 12.5. The summed E-state index contributed by atoms with van der Waals surface area (Å²) >= 11 is 1.67. The Balaban J connectivity index is 1.51. The van der Waals surface area contributed by atoms with Crippen molar-refractivity contribution in [2.45, 2.75) is 32.1 Å². The molecule has 0 spiro atoms. The fourth-order valence-corrected chi connectivity index (χ4v) is 4.33. The van der Waals surface area contributed by atoms with Gasteiger partial charge in [-0.15, -0.1) is 11.3 Å². The van der Waals surface area contributed by atoms with Gasteiger partial charge in [0.2, 0.25) is 5.91 Å². The summed E-state index contributed by atoms with van der Waals surface area (Å²) in [4.78, 5) is 22.1. The highest BCUT2D eigenvalue weighted by molar-refractivity contribution is 7.14. The monoisotopic (exact) mass is 363 g/mol. The average molecular weight is 363 g/mol. The van der Waals surface area contributed by atoms with Crippen molar-refractivity contribution in [1.29, 1.82) is 0 Å². The summed E-state index contributed by atoms with van der Waals surface area (Å²) in [6.45, 7) is 0. The van der Waals surface area contributed by atoms with Gasteiger partial charge in [-0.05, 0) is 42.0 Å². The Labute approximate surface area is 157 Å². The normalized spacial score (nSPS) is 14.9. The van der Waals surface area contributed by atoms with Crippen molar-refractivity contribution < 1.29 is 4.79 Å². The van der Waals surface area contributed by atoms with E-state index in [4.69, 9.17) is 0 Å². The molecule has 0 radical (unpaired) electrons. The van der Waals surface area contributed by atoms with E-state index >= 15 is 0 Å². The summed E-state index contributed by atoms with van der Waals surface area (Å²) in [7, 11) is 0. The highest BCUT2D eigenvalue weighted by atomic mass is 32.1. The molecule has 0 bridgehead atoms. The first-order valence-corrected chi connectivity index (χ1v) is 9.93. The minimum Gasteiger partial charge on any atom is -0.324 e. The van der Waals surface area contributed by atoms with Gasteiger partial charge in [-0.25, -0.2) is 0 Å². The summed E-state index contributed by atoms with van der Waals surface area (Å²) in [6.07, 6.45) is 12.8. The van der Waals surface area contributed by atoms with E-state index in [2.05, 4.69) is 32.8 Å². The van der Waals surface area contributed by atoms with Gasteiger partial charge < -0.3 is 5.32 Å². The van der Waals surface area contributed by atoms with Gasteiger partial charge in [0, 0.05) is 40.5 Å². The minimum atomic E-state index is 0.130. The van der Waals surface area contributed by atoms with Crippen molar-refractivity contribution in [3.8, 4) is 21.6 Å². The SMILES string of the molecule is O=C(Nc1cncc(-c2cc(-c3cccnc3)cs2)c1)C1CCCCC1. The predicted molar refractivity (Wildman–Crippen MR) is 106 cm³/mol. The highest BCUT2D eigenvalue weighted by Gasteiger charge is 2.21. The highest BCUT2D eigenvalue weighted by Crippen LogP contribution is 2.33. The number of carbonyl (C=O) groups excluding carboxylic acids is 1. The third-order valence-corrected chi connectivity index (χ3v) is 5.84. The molecule has 3 aromatic heterocycles. The van der Waals surface area contributed by atoms with Crippen LogP contribution in [-0.2, 0) is 4.79 Å². The molecule has 3 heterocycles. The molecule has 1 saturated carbocycles. The number of nitrogens with zero attached hydrogens (tertiary/aromatic N) is 2. The van der Waals surface area contributed by atoms with E-state index in [0.717, 1.165) is 52.9 Å². The largest absolute Gasteiger partial charge is 0.324 e. The van der Waals surface area contributed by atoms with Crippen molar-refractivity contribution in [1.82, 2.24) is 9.97 Å². The lowest BCUT2D eigenvalue weighted by Gasteiger charge is -2.20. The molecule has 1 N–H and O–H groups in total. The number of carbonyl (C=O) groups is 1. The zero-order chi connectivity index (χ0) is 17.8. The summed E-state index contributed by atoms with van der Waals surface area (Å²) in [5, 5.41) is 5.18. The van der Waals surface area contributed by atoms with Crippen molar-refractivity contribution in [3.63, 3.8) is 0 Å². The zero-order valence-electron chi connectivity index (χ0n) is 14.5. The van der Waals surface area contributed by atoms with Crippen molar-refractivity contribution in [2.75, 3.05) is 5.32 Å². The first-order chi connectivity index (χ1) is 12.8. The van der Waals surface area contributed by atoms with Crippen LogP contribution in [0.1, 0.15) is 32.1 Å². The third-order valence-electron chi connectivity index (χ3n) is 4.86. The first-order valence-electron chi connectivity index (χ1n) is 9.05. The van der Waals surface area contributed by atoms with E-state index in [-0.39, 0.29) is 11.8 Å². The number of hydrogen-bond acceptors (Lipinski definition) is 4. The molecule has 0 aromatic carbocycles. The van der Waals surface area contributed by atoms with E-state index in [9.17, 15) is 4.79 Å². The number of nitrogens with one attached hydrogen (secondary N) is 1. The van der Waals surface area contributed by atoms with Crippen LogP contribution >= 0.6 is 11.3 Å². The Morgan fingerprint density at radius 3 is 2.65 bits per heavy atom. The van der Waals surface area contributed by atoms with Crippen molar-refractivity contribution in [2.24, 2.45) is 5.92 Å². The standard InChI is InChI=1S/C21H21N3OS/c25-21(15-5-2-1-3-6-15)24-19-9-17(12-23-13-19)20-10-18(14-26-20)16-7-4-8-22-11-16/h4,7-15H,1-3,5-6H2,(H,24,25). The van der Waals surface area contributed by atoms with Gasteiger partial charge in [-0.2, -0.15) is 0 Å². The number of thiophene rings is 1. The molecule has 4 nitrogen and oxygen atoms in total. The second kappa shape index (κ2) is 7.79. The Morgan fingerprint density at radius 2 is 1.85 bits per heavy atom. The molecule has 132 valence electrons. The van der Waals surface area contributed by atoms with Gasteiger partial charge in [-0.1, -0.05) is 25.3 Å². The Morgan fingerprint density at radius 1 is 1.00 bits per heavy atom. The number of hydrogen-bond donors (Lipinski definition) is 1. The van der Waals surface area contributed by atoms with Crippen molar-refractivity contribution >= 4 is 22.9 Å². The van der Waals surface area contributed by atoms with Gasteiger partial charge in [0.1, 0.15) is 0 Å². The lowest BCUT2D eigenvalue weighted by Crippen LogP contribution is -2.24. The maximum Gasteiger partial charge on any atom is 0.227 e. The molecule has 0 aliphatic heterocycles. The van der Waals surface area contributed by atoms with E-state index in [0.29, 0.717) is 0 Å². The molecule has 1 fully saturated rings. The van der Waals surface area contributed by atoms with Gasteiger partial charge >= 0.3 is 0 Å². The molecule has 1 amide bonds. The lowest BCUT2D eigenvalue weighted by molar-refractivity contribution is -0.120. The molecule has 1 aliphatic carbocycles. The van der Waals surface area contributed by atoms with Crippen molar-refractivity contribution in [3.05, 3.63) is 54.4 Å². The van der Waals surface area contributed by atoms with Gasteiger partial charge in [0.25, 0.3) is 0 Å². The molecule has 0 atom stereocenters. The fourth-order valence-electron chi connectivity index (χ4n) is 3.42. The Hall–Kier alpha value is -2.53. The summed E-state index contributed by atoms with van der Waals surface area (Å²) in [6, 6.07) is 8.14. The lowest BCUT2D eigenvalue weighted by atomic mass is 9.88. The molecule has 26 heavy (non-hydrogen) atoms. The van der Waals surface area contributed by atoms with E-state index < -0.39 is 0 Å². The molecule has 3 aromatic rings. The smallest absolute Gasteiger partial charge is 0.227 e. The van der Waals surface area contributed by atoms with Crippen LogP contribution < -0.4 is 5.32 Å². The Bertz CT molecular complexity index is 885. The second-order valence-corrected chi connectivity index (χ2v) is 7.64. The summed E-state index contributed by atoms with van der Waals surface area (Å²) in [5.41, 5.74) is 4.04. The molecule has 4 rings (SSSR count). The molecule has 1 aliphatic rings. The van der Waals surface area contributed by atoms with Gasteiger partial charge in [0.15, 0.2) is 0 Å². The number of aromatic nitrogens is 2. The molecule has 5 heteroatoms. The molecular formula is C21H21N3OS. The van der Waals surface area contributed by atoms with Crippen LogP contribution in [0.3, 0.4) is 0 Å². The number of amides is 1. The summed E-state index contributed by atoms with van der Waals surface area (Å²) in [5.74, 6) is 0.275. The molecule has 0 unspecified atom stereocenters. The van der Waals surface area contributed by atoms with Crippen LogP contribution in [0.2, 0.25) is 0 Å². The van der Waals surface area contributed by atoms with Crippen LogP contribution in [0, 0.1) is 5.92 Å². The molecule has 0 saturated heterocycles. The van der Waals surface area contributed by atoms with Crippen LogP contribution in [0.25, 0.3) is 21.6 Å². The topological polar surface area (TPSA) is 54.9 Å². The van der Waals surface area contributed by atoms with E-state index in [1.807, 2.05) is 24.5 Å². The minimum absolute atomic E-state index is 0.130. The van der Waals surface area contributed by atoms with Gasteiger partial charge in [0.05, 0.1) is 11.9 Å². The van der Waals surface area contributed by atoms with Crippen LogP contribution in [0.5, 0.6) is 0 Å². The fraction of sp³-hybridized carbons (Fsp3) is 0.286. The van der Waals surface area contributed by atoms with E-state index in [1.54, 1.807) is 23.7 Å². The van der Waals surface area contributed by atoms with Crippen LogP contribution in [-0.4, -0.2) is 15.9 Å². The van der Waals surface area contributed by atoms with Crippen LogP contribution in [0.4, 0.5) is 5.69 Å². The predicted octanol–water partition coefficient (Wildman–Crippen LogP) is 5.39. The second-order valence-electron chi connectivity index (χ2n) is 6.73. The quantitative estimate of drug-likeness (QED) is 0.676. The number of pyridine rings is 2. The number of rotatable bonds is 4. The zero-order valence-corrected chi connectivity index (χ0v) is 15.3. The Kier molecular flexibility index (Phi) is 5.07. The maximum atomic E-state index is 12.5. The van der Waals surface area contributed by atoms with Crippen LogP contribution in [0.15, 0.2) is 54.4 Å². The average Bonchev–Trinajstić information content (AvgIpc) is 3.20. The summed E-state index contributed by atoms with van der Waals surface area (Å²) < 4.78 is 0. The van der Waals surface area contributed by atoms with E-state index in [1.165, 1.54) is 6.42 Å². The molecular weight excluding hydrogens is 342 g/mol. The number of anilines is 1.